The lowest BCUT2D eigenvalue weighted by molar-refractivity contribution is -0.133. The first kappa shape index (κ1) is 20.3. The highest BCUT2D eigenvalue weighted by molar-refractivity contribution is 5.82. The van der Waals surface area contributed by atoms with E-state index in [1.807, 2.05) is 30.0 Å². The Morgan fingerprint density at radius 2 is 2.07 bits per heavy atom. The Balaban J connectivity index is 1.33. The van der Waals surface area contributed by atoms with Crippen molar-refractivity contribution in [3.05, 3.63) is 65.7 Å². The second kappa shape index (κ2) is 8.78. The molecule has 0 bridgehead atoms. The number of pyridine rings is 2. The first-order valence-corrected chi connectivity index (χ1v) is 10.5. The van der Waals surface area contributed by atoms with Crippen molar-refractivity contribution in [3.63, 3.8) is 0 Å². The number of carbonyl (C=O) groups is 1. The molecule has 30 heavy (non-hydrogen) atoms. The summed E-state index contributed by atoms with van der Waals surface area (Å²) in [5.74, 6) is 0.685. The number of anilines is 1. The van der Waals surface area contributed by atoms with Gasteiger partial charge in [-0.25, -0.2) is 9.37 Å². The van der Waals surface area contributed by atoms with Crippen LogP contribution in [0.15, 0.2) is 48.8 Å². The number of aryl methyl sites for hydroxylation is 2. The van der Waals surface area contributed by atoms with E-state index in [-0.39, 0.29) is 17.8 Å². The topological polar surface area (TPSA) is 49.3 Å². The van der Waals surface area contributed by atoms with Crippen molar-refractivity contribution >= 4 is 22.6 Å². The first-order chi connectivity index (χ1) is 14.5. The summed E-state index contributed by atoms with van der Waals surface area (Å²) in [5.41, 5.74) is 3.06. The van der Waals surface area contributed by atoms with Crippen molar-refractivity contribution in [2.75, 3.05) is 24.5 Å². The second-order valence-corrected chi connectivity index (χ2v) is 8.02. The molecule has 0 radical (unpaired) electrons. The van der Waals surface area contributed by atoms with Crippen LogP contribution in [0.4, 0.5) is 10.2 Å². The van der Waals surface area contributed by atoms with Crippen LogP contribution in [0.25, 0.3) is 10.9 Å². The largest absolute Gasteiger partial charge is 0.353 e. The Hall–Kier alpha value is -3.02. The van der Waals surface area contributed by atoms with Gasteiger partial charge in [0.15, 0.2) is 0 Å². The maximum atomic E-state index is 13.3. The number of fused-ring (bicyclic) bond motifs is 1. The zero-order valence-corrected chi connectivity index (χ0v) is 17.5. The number of nitrogens with zero attached hydrogens (tertiary/aromatic N) is 4. The van der Waals surface area contributed by atoms with Crippen LogP contribution in [-0.2, 0) is 11.2 Å². The molecule has 1 aliphatic heterocycles. The Morgan fingerprint density at radius 1 is 1.20 bits per heavy atom. The lowest BCUT2D eigenvalue weighted by Gasteiger charge is -2.41. The highest BCUT2D eigenvalue weighted by Crippen LogP contribution is 2.23. The summed E-state index contributed by atoms with van der Waals surface area (Å²) in [4.78, 5) is 25.6. The van der Waals surface area contributed by atoms with Crippen LogP contribution in [0.2, 0.25) is 0 Å². The molecule has 0 saturated carbocycles. The summed E-state index contributed by atoms with van der Waals surface area (Å²) in [6.45, 7) is 6.02. The third kappa shape index (κ3) is 4.27. The van der Waals surface area contributed by atoms with Crippen LogP contribution >= 0.6 is 0 Å². The molecular weight excluding hydrogens is 379 g/mol. The lowest BCUT2D eigenvalue weighted by Crippen LogP contribution is -2.54. The Bertz CT molecular complexity index is 1050. The van der Waals surface area contributed by atoms with Gasteiger partial charge in [-0.05, 0) is 56.0 Å². The zero-order chi connectivity index (χ0) is 21.1. The van der Waals surface area contributed by atoms with Crippen LogP contribution in [0.3, 0.4) is 0 Å². The van der Waals surface area contributed by atoms with E-state index in [0.29, 0.717) is 26.1 Å². The minimum absolute atomic E-state index is 0.0965. The quantitative estimate of drug-likeness (QED) is 0.639. The van der Waals surface area contributed by atoms with Crippen molar-refractivity contribution in [2.24, 2.45) is 0 Å². The van der Waals surface area contributed by atoms with E-state index < -0.39 is 0 Å². The number of carbonyl (C=O) groups excluding carboxylic acids is 1. The van der Waals surface area contributed by atoms with Gasteiger partial charge in [0.2, 0.25) is 5.91 Å². The molecule has 2 aromatic heterocycles. The van der Waals surface area contributed by atoms with Gasteiger partial charge < -0.3 is 9.80 Å². The lowest BCUT2D eigenvalue weighted by atomic mass is 10.0. The Kier molecular flexibility index (Phi) is 5.93. The average molecular weight is 407 g/mol. The number of hydrogen-bond acceptors (Lipinski definition) is 4. The van der Waals surface area contributed by atoms with E-state index in [4.69, 9.17) is 0 Å². The number of piperazine rings is 1. The third-order valence-corrected chi connectivity index (χ3v) is 5.84. The fraction of sp³-hybridized carbons (Fsp3) is 0.375. The van der Waals surface area contributed by atoms with Gasteiger partial charge in [-0.15, -0.1) is 0 Å². The number of amides is 1. The van der Waals surface area contributed by atoms with Gasteiger partial charge in [0, 0.05) is 43.7 Å². The van der Waals surface area contributed by atoms with Crippen LogP contribution in [0.1, 0.15) is 30.9 Å². The molecule has 1 amide bonds. The van der Waals surface area contributed by atoms with E-state index in [1.165, 1.54) is 17.8 Å². The number of halogens is 1. The normalized spacial score (nSPS) is 16.8. The van der Waals surface area contributed by atoms with Gasteiger partial charge in [0.1, 0.15) is 11.6 Å². The number of rotatable bonds is 5. The molecule has 3 aromatic rings. The monoisotopic (exact) mass is 406 g/mol. The molecule has 1 aromatic carbocycles. The number of hydrogen-bond donors (Lipinski definition) is 0. The Morgan fingerprint density at radius 3 is 2.87 bits per heavy atom. The van der Waals surface area contributed by atoms with Gasteiger partial charge in [0.05, 0.1) is 11.7 Å². The van der Waals surface area contributed by atoms with E-state index in [9.17, 15) is 9.18 Å². The summed E-state index contributed by atoms with van der Waals surface area (Å²) in [6, 6.07) is 11.8. The van der Waals surface area contributed by atoms with Crippen LogP contribution < -0.4 is 4.90 Å². The minimum Gasteiger partial charge on any atom is -0.353 e. The molecule has 1 saturated heterocycles. The molecule has 0 N–H and O–H groups in total. The van der Waals surface area contributed by atoms with Gasteiger partial charge in [-0.3, -0.25) is 9.78 Å². The molecule has 1 aliphatic rings. The molecule has 4 rings (SSSR count). The molecule has 5 nitrogen and oxygen atoms in total. The van der Waals surface area contributed by atoms with Crippen molar-refractivity contribution in [1.29, 1.82) is 0 Å². The fourth-order valence-corrected chi connectivity index (χ4v) is 4.34. The molecule has 0 unspecified atom stereocenters. The average Bonchev–Trinajstić information content (AvgIpc) is 2.74. The Labute approximate surface area is 176 Å². The molecule has 1 atom stereocenters. The SMILES string of the molecule is Cc1cc(F)cnc1N1CCN(C(=O)CCCc2cccc3ncccc23)[C@@H](C)C1. The maximum Gasteiger partial charge on any atom is 0.222 e. The summed E-state index contributed by atoms with van der Waals surface area (Å²) < 4.78 is 13.3. The molecule has 1 fully saturated rings. The number of benzene rings is 1. The molecule has 0 aliphatic carbocycles. The van der Waals surface area contributed by atoms with Crippen LogP contribution in [0.5, 0.6) is 0 Å². The van der Waals surface area contributed by atoms with Crippen molar-refractivity contribution in [3.8, 4) is 0 Å². The minimum atomic E-state index is -0.319. The summed E-state index contributed by atoms with van der Waals surface area (Å²) in [5, 5.41) is 1.16. The van der Waals surface area contributed by atoms with Crippen molar-refractivity contribution in [2.45, 2.75) is 39.2 Å². The molecule has 3 heterocycles. The highest BCUT2D eigenvalue weighted by atomic mass is 19.1. The van der Waals surface area contributed by atoms with Crippen molar-refractivity contribution in [1.82, 2.24) is 14.9 Å². The van der Waals surface area contributed by atoms with E-state index in [1.54, 1.807) is 6.20 Å². The van der Waals surface area contributed by atoms with Gasteiger partial charge in [0.25, 0.3) is 0 Å². The molecular formula is C24H27FN4O. The van der Waals surface area contributed by atoms with Crippen LogP contribution in [-0.4, -0.2) is 46.5 Å². The molecule has 0 spiro atoms. The fourth-order valence-electron chi connectivity index (χ4n) is 4.34. The summed E-state index contributed by atoms with van der Waals surface area (Å²) in [7, 11) is 0. The molecule has 156 valence electrons. The van der Waals surface area contributed by atoms with Gasteiger partial charge in [-0.1, -0.05) is 18.2 Å². The summed E-state index contributed by atoms with van der Waals surface area (Å²) in [6.07, 6.45) is 5.28. The third-order valence-electron chi connectivity index (χ3n) is 5.84. The van der Waals surface area contributed by atoms with E-state index in [0.717, 1.165) is 35.1 Å². The second-order valence-electron chi connectivity index (χ2n) is 8.02. The van der Waals surface area contributed by atoms with Gasteiger partial charge in [-0.2, -0.15) is 0 Å². The highest BCUT2D eigenvalue weighted by Gasteiger charge is 2.28. The summed E-state index contributed by atoms with van der Waals surface area (Å²) >= 11 is 0. The zero-order valence-electron chi connectivity index (χ0n) is 17.5. The predicted octanol–water partition coefficient (Wildman–Crippen LogP) is 4.14. The predicted molar refractivity (Wildman–Crippen MR) is 117 cm³/mol. The molecule has 6 heteroatoms. The van der Waals surface area contributed by atoms with Gasteiger partial charge >= 0.3 is 0 Å². The standard InChI is InChI=1S/C24H27FN4O/c1-17-14-20(25)15-27-24(17)28-12-13-29(18(2)16-28)23(30)10-4-7-19-6-3-9-22-21(19)8-5-11-26-22/h3,5-6,8-9,11,14-15,18H,4,7,10,12-13,16H2,1-2H3/t18-/m0/s1. The van der Waals surface area contributed by atoms with Crippen molar-refractivity contribution < 1.29 is 9.18 Å². The maximum absolute atomic E-state index is 13.3. The van der Waals surface area contributed by atoms with Crippen LogP contribution in [0, 0.1) is 12.7 Å². The number of aromatic nitrogens is 2. The first-order valence-electron chi connectivity index (χ1n) is 10.5. The van der Waals surface area contributed by atoms with E-state index >= 15 is 0 Å². The smallest absolute Gasteiger partial charge is 0.222 e. The van der Waals surface area contributed by atoms with E-state index in [2.05, 4.69) is 33.9 Å².